The second kappa shape index (κ2) is 7.08. The lowest BCUT2D eigenvalue weighted by atomic mass is 10.1. The van der Waals surface area contributed by atoms with E-state index in [0.717, 1.165) is 43.1 Å². The van der Waals surface area contributed by atoms with Gasteiger partial charge in [0.1, 0.15) is 11.6 Å². The first-order chi connectivity index (χ1) is 11.6. The number of benzene rings is 2. The van der Waals surface area contributed by atoms with Crippen molar-refractivity contribution in [1.29, 1.82) is 0 Å². The maximum atomic E-state index is 5.88. The highest BCUT2D eigenvalue weighted by atomic mass is 16.5. The van der Waals surface area contributed by atoms with Crippen LogP contribution in [0.25, 0.3) is 11.0 Å². The first kappa shape index (κ1) is 16.6. The average molecular weight is 322 g/mol. The molecule has 0 radical (unpaired) electrons. The molecule has 0 fully saturated rings. The van der Waals surface area contributed by atoms with Crippen LogP contribution in [0.4, 0.5) is 0 Å². The molecule has 24 heavy (non-hydrogen) atoms. The number of fused-ring (bicyclic) bond motifs is 1. The van der Waals surface area contributed by atoms with Crippen LogP contribution < -0.4 is 4.74 Å². The Hall–Kier alpha value is -2.29. The highest BCUT2D eigenvalue weighted by Gasteiger charge is 2.08. The highest BCUT2D eigenvalue weighted by molar-refractivity contribution is 5.78. The molecule has 3 heteroatoms. The third-order valence-electron chi connectivity index (χ3n) is 4.68. The van der Waals surface area contributed by atoms with Gasteiger partial charge in [0.25, 0.3) is 0 Å². The van der Waals surface area contributed by atoms with Gasteiger partial charge >= 0.3 is 0 Å². The summed E-state index contributed by atoms with van der Waals surface area (Å²) in [7, 11) is 0. The van der Waals surface area contributed by atoms with Crippen molar-refractivity contribution in [3.8, 4) is 5.75 Å². The number of hydrogen-bond acceptors (Lipinski definition) is 2. The lowest BCUT2D eigenvalue weighted by molar-refractivity contribution is 0.301. The van der Waals surface area contributed by atoms with Crippen molar-refractivity contribution in [3.05, 3.63) is 58.9 Å². The number of unbranched alkanes of at least 4 members (excludes halogenated alkanes) is 1. The van der Waals surface area contributed by atoms with E-state index in [2.05, 4.69) is 50.5 Å². The second-order valence-corrected chi connectivity index (χ2v) is 6.56. The minimum atomic E-state index is 0.759. The zero-order valence-electron chi connectivity index (χ0n) is 15.1. The van der Waals surface area contributed by atoms with E-state index in [1.54, 1.807) is 0 Å². The van der Waals surface area contributed by atoms with Crippen LogP contribution in [0.15, 0.2) is 36.4 Å². The number of rotatable bonds is 6. The fourth-order valence-electron chi connectivity index (χ4n) is 3.06. The van der Waals surface area contributed by atoms with E-state index in [1.165, 1.54) is 22.2 Å². The van der Waals surface area contributed by atoms with Crippen molar-refractivity contribution in [3.63, 3.8) is 0 Å². The van der Waals surface area contributed by atoms with E-state index in [4.69, 9.17) is 9.72 Å². The van der Waals surface area contributed by atoms with E-state index in [1.807, 2.05) is 18.2 Å². The maximum absolute atomic E-state index is 5.88. The third kappa shape index (κ3) is 3.45. The smallest absolute Gasteiger partial charge is 0.122 e. The second-order valence-electron chi connectivity index (χ2n) is 6.56. The average Bonchev–Trinajstić information content (AvgIpc) is 2.84. The zero-order chi connectivity index (χ0) is 17.1. The van der Waals surface area contributed by atoms with Gasteiger partial charge in [-0.3, -0.25) is 0 Å². The van der Waals surface area contributed by atoms with Crippen LogP contribution in [0.2, 0.25) is 0 Å². The first-order valence-electron chi connectivity index (χ1n) is 8.69. The Balaban J connectivity index is 1.59. The first-order valence-corrected chi connectivity index (χ1v) is 8.69. The Bertz CT molecular complexity index is 848. The molecule has 0 aliphatic rings. The van der Waals surface area contributed by atoms with Gasteiger partial charge < -0.3 is 9.30 Å². The summed E-state index contributed by atoms with van der Waals surface area (Å²) in [4.78, 5) is 4.70. The molecule has 0 N–H and O–H groups in total. The number of ether oxygens (including phenoxy) is 1. The quantitative estimate of drug-likeness (QED) is 0.588. The standard InChI is InChI=1S/C21H26N2O/c1-15-9-5-6-10-21(15)24-12-8-7-11-23-18(4)22-19-13-16(2)17(3)14-20(19)23/h5-6,9-10,13-14H,7-8,11-12H2,1-4H3. The highest BCUT2D eigenvalue weighted by Crippen LogP contribution is 2.21. The fraction of sp³-hybridized carbons (Fsp3) is 0.381. The van der Waals surface area contributed by atoms with Gasteiger partial charge in [0.05, 0.1) is 17.6 Å². The minimum Gasteiger partial charge on any atom is -0.493 e. The summed E-state index contributed by atoms with van der Waals surface area (Å²) in [5.41, 5.74) is 6.17. The SMILES string of the molecule is Cc1cc2nc(C)n(CCCCOc3ccccc3C)c2cc1C. The Morgan fingerprint density at radius 1 is 0.917 bits per heavy atom. The van der Waals surface area contributed by atoms with Crippen molar-refractivity contribution < 1.29 is 4.74 Å². The summed E-state index contributed by atoms with van der Waals surface area (Å²) in [6, 6.07) is 12.6. The predicted octanol–water partition coefficient (Wildman–Crippen LogP) is 5.13. The summed E-state index contributed by atoms with van der Waals surface area (Å²) in [5, 5.41) is 0. The molecule has 1 aromatic heterocycles. The lowest BCUT2D eigenvalue weighted by Gasteiger charge is -2.10. The normalized spacial score (nSPS) is 11.2. The van der Waals surface area contributed by atoms with Crippen LogP contribution in [0.3, 0.4) is 0 Å². The summed E-state index contributed by atoms with van der Waals surface area (Å²) < 4.78 is 8.21. The van der Waals surface area contributed by atoms with Crippen LogP contribution in [0.5, 0.6) is 5.75 Å². The van der Waals surface area contributed by atoms with E-state index in [-0.39, 0.29) is 0 Å². The number of imidazole rings is 1. The number of aromatic nitrogens is 2. The Morgan fingerprint density at radius 2 is 1.67 bits per heavy atom. The molecule has 1 heterocycles. The molecular weight excluding hydrogens is 296 g/mol. The lowest BCUT2D eigenvalue weighted by Crippen LogP contribution is -2.04. The van der Waals surface area contributed by atoms with Crippen LogP contribution >= 0.6 is 0 Å². The summed E-state index contributed by atoms with van der Waals surface area (Å²) >= 11 is 0. The molecule has 0 aliphatic heterocycles. The number of para-hydroxylation sites is 1. The molecule has 0 atom stereocenters. The molecule has 3 aromatic rings. The Kier molecular flexibility index (Phi) is 4.89. The Morgan fingerprint density at radius 3 is 2.46 bits per heavy atom. The summed E-state index contributed by atoms with van der Waals surface area (Å²) in [5.74, 6) is 2.09. The van der Waals surface area contributed by atoms with Crippen molar-refractivity contribution in [2.75, 3.05) is 6.61 Å². The van der Waals surface area contributed by atoms with Gasteiger partial charge in [-0.1, -0.05) is 18.2 Å². The number of nitrogens with zero attached hydrogens (tertiary/aromatic N) is 2. The van der Waals surface area contributed by atoms with E-state index >= 15 is 0 Å². The Labute approximate surface area is 144 Å². The van der Waals surface area contributed by atoms with Gasteiger partial charge in [-0.25, -0.2) is 4.98 Å². The molecule has 126 valence electrons. The van der Waals surface area contributed by atoms with Gasteiger partial charge in [-0.05, 0) is 75.4 Å². The predicted molar refractivity (Wildman–Crippen MR) is 99.9 cm³/mol. The van der Waals surface area contributed by atoms with Crippen LogP contribution in [0, 0.1) is 27.7 Å². The van der Waals surface area contributed by atoms with E-state index in [0.29, 0.717) is 0 Å². The van der Waals surface area contributed by atoms with Crippen LogP contribution in [0.1, 0.15) is 35.4 Å². The number of aryl methyl sites for hydroxylation is 5. The van der Waals surface area contributed by atoms with Crippen molar-refractivity contribution >= 4 is 11.0 Å². The molecule has 0 saturated heterocycles. The molecule has 3 rings (SSSR count). The zero-order valence-corrected chi connectivity index (χ0v) is 15.1. The molecule has 0 saturated carbocycles. The third-order valence-corrected chi connectivity index (χ3v) is 4.68. The molecule has 0 amide bonds. The van der Waals surface area contributed by atoms with E-state index in [9.17, 15) is 0 Å². The molecule has 0 bridgehead atoms. The van der Waals surface area contributed by atoms with Crippen LogP contribution in [-0.2, 0) is 6.54 Å². The molecule has 0 aliphatic carbocycles. The summed E-state index contributed by atoms with van der Waals surface area (Å²) in [6.07, 6.45) is 2.13. The van der Waals surface area contributed by atoms with Crippen molar-refractivity contribution in [2.45, 2.75) is 47.1 Å². The van der Waals surface area contributed by atoms with E-state index < -0.39 is 0 Å². The maximum Gasteiger partial charge on any atom is 0.122 e. The molecular formula is C21H26N2O. The fourth-order valence-corrected chi connectivity index (χ4v) is 3.06. The van der Waals surface area contributed by atoms with Crippen molar-refractivity contribution in [2.24, 2.45) is 0 Å². The summed E-state index contributed by atoms with van der Waals surface area (Å²) in [6.45, 7) is 10.2. The molecule has 0 unspecified atom stereocenters. The van der Waals surface area contributed by atoms with Gasteiger partial charge in [0, 0.05) is 6.54 Å². The van der Waals surface area contributed by atoms with Gasteiger partial charge in [-0.2, -0.15) is 0 Å². The van der Waals surface area contributed by atoms with Crippen molar-refractivity contribution in [1.82, 2.24) is 9.55 Å². The molecule has 0 spiro atoms. The minimum absolute atomic E-state index is 0.759. The largest absolute Gasteiger partial charge is 0.493 e. The van der Waals surface area contributed by atoms with Gasteiger partial charge in [0.2, 0.25) is 0 Å². The molecule has 2 aromatic carbocycles. The number of hydrogen-bond donors (Lipinski definition) is 0. The van der Waals surface area contributed by atoms with Gasteiger partial charge in [0.15, 0.2) is 0 Å². The van der Waals surface area contributed by atoms with Gasteiger partial charge in [-0.15, -0.1) is 0 Å². The topological polar surface area (TPSA) is 27.1 Å². The monoisotopic (exact) mass is 322 g/mol. The van der Waals surface area contributed by atoms with Crippen LogP contribution in [-0.4, -0.2) is 16.2 Å². The molecule has 3 nitrogen and oxygen atoms in total.